The molecule has 0 unspecified atom stereocenters. The third kappa shape index (κ3) is 7.68. The number of hydrogen-bond acceptors (Lipinski definition) is 4. The number of rotatable bonds is 10. The van der Waals surface area contributed by atoms with Gasteiger partial charge < -0.3 is 4.57 Å². The van der Waals surface area contributed by atoms with Gasteiger partial charge in [-0.3, -0.25) is 0 Å². The molecule has 1 heterocycles. The SMILES string of the molecule is O=P(c1ccccc1)(c1ccccc1)c1ccc(-c2ccc(C3(c4ccc(-c5nc(-c6ccccc6)nc(-c6ccc(-c7ccccc7)cc6)n5)cc4)CCCCC3)cc2)c2ccccc12. The number of fused-ring (bicyclic) bond motifs is 1. The third-order valence-corrected chi connectivity index (χ3v) is 16.7. The summed E-state index contributed by atoms with van der Waals surface area (Å²) in [5.41, 5.74) is 10.0. The van der Waals surface area contributed by atoms with E-state index < -0.39 is 7.14 Å². The summed E-state index contributed by atoms with van der Waals surface area (Å²) in [6.45, 7) is 0. The van der Waals surface area contributed by atoms with Gasteiger partial charge in [0.1, 0.15) is 0 Å². The van der Waals surface area contributed by atoms with Crippen LogP contribution in [0.15, 0.2) is 231 Å². The predicted molar refractivity (Wildman–Crippen MR) is 274 cm³/mol. The van der Waals surface area contributed by atoms with Gasteiger partial charge in [0.25, 0.3) is 0 Å². The van der Waals surface area contributed by atoms with Gasteiger partial charge in [0.05, 0.1) is 0 Å². The van der Waals surface area contributed by atoms with E-state index in [-0.39, 0.29) is 5.41 Å². The highest BCUT2D eigenvalue weighted by Crippen LogP contribution is 2.48. The highest BCUT2D eigenvalue weighted by Gasteiger charge is 2.36. The minimum Gasteiger partial charge on any atom is -0.309 e. The van der Waals surface area contributed by atoms with Crippen LogP contribution in [0.5, 0.6) is 0 Å². The topological polar surface area (TPSA) is 55.7 Å². The molecule has 4 nitrogen and oxygen atoms in total. The Bertz CT molecular complexity index is 3270. The molecule has 10 aromatic rings. The zero-order chi connectivity index (χ0) is 44.3. The summed E-state index contributed by atoms with van der Waals surface area (Å²) >= 11 is 0. The van der Waals surface area contributed by atoms with E-state index >= 15 is 4.57 Å². The molecule has 1 aliphatic rings. The van der Waals surface area contributed by atoms with Crippen LogP contribution in [0.2, 0.25) is 0 Å². The largest absolute Gasteiger partial charge is 0.309 e. The summed E-state index contributed by atoms with van der Waals surface area (Å²) in [7, 11) is -3.18. The quantitative estimate of drug-likeness (QED) is 0.129. The van der Waals surface area contributed by atoms with Gasteiger partial charge in [0.15, 0.2) is 24.6 Å². The van der Waals surface area contributed by atoms with E-state index in [2.05, 4.69) is 146 Å². The molecular formula is C61H48N3OP. The van der Waals surface area contributed by atoms with Crippen molar-refractivity contribution in [3.05, 3.63) is 242 Å². The molecule has 0 bridgehead atoms. The van der Waals surface area contributed by atoms with E-state index in [1.54, 1.807) is 0 Å². The second kappa shape index (κ2) is 17.8. The lowest BCUT2D eigenvalue weighted by molar-refractivity contribution is 0.346. The van der Waals surface area contributed by atoms with Gasteiger partial charge in [0.2, 0.25) is 0 Å². The van der Waals surface area contributed by atoms with E-state index in [1.165, 1.54) is 36.0 Å². The Balaban J connectivity index is 0.936. The van der Waals surface area contributed by atoms with Crippen molar-refractivity contribution in [3.63, 3.8) is 0 Å². The van der Waals surface area contributed by atoms with E-state index in [0.717, 1.165) is 72.9 Å². The van der Waals surface area contributed by atoms with Gasteiger partial charge in [-0.15, -0.1) is 0 Å². The molecule has 1 aromatic heterocycles. The lowest BCUT2D eigenvalue weighted by Gasteiger charge is -2.39. The first-order valence-corrected chi connectivity index (χ1v) is 24.7. The van der Waals surface area contributed by atoms with E-state index in [0.29, 0.717) is 17.5 Å². The summed E-state index contributed by atoms with van der Waals surface area (Å²) in [6.07, 6.45) is 5.78. The first-order valence-electron chi connectivity index (χ1n) is 23.0. The molecule has 1 saturated carbocycles. The Morgan fingerprint density at radius 2 is 0.712 bits per heavy atom. The first kappa shape index (κ1) is 41.2. The monoisotopic (exact) mass is 869 g/mol. The average Bonchev–Trinajstić information content (AvgIpc) is 3.41. The molecule has 0 radical (unpaired) electrons. The average molecular weight is 870 g/mol. The third-order valence-electron chi connectivity index (χ3n) is 13.5. The highest BCUT2D eigenvalue weighted by atomic mass is 31.2. The van der Waals surface area contributed by atoms with E-state index in [1.807, 2.05) is 84.9 Å². The predicted octanol–water partition coefficient (Wildman–Crippen LogP) is 14.2. The zero-order valence-corrected chi connectivity index (χ0v) is 37.6. The van der Waals surface area contributed by atoms with Crippen molar-refractivity contribution >= 4 is 33.8 Å². The zero-order valence-electron chi connectivity index (χ0n) is 36.7. The maximum absolute atomic E-state index is 15.6. The molecule has 1 aliphatic carbocycles. The van der Waals surface area contributed by atoms with Crippen molar-refractivity contribution < 1.29 is 4.57 Å². The van der Waals surface area contributed by atoms with Crippen LogP contribution in [0, 0.1) is 0 Å². The fourth-order valence-corrected chi connectivity index (χ4v) is 13.0. The van der Waals surface area contributed by atoms with Crippen LogP contribution < -0.4 is 15.9 Å². The van der Waals surface area contributed by atoms with Crippen molar-refractivity contribution in [2.75, 3.05) is 0 Å². The summed E-state index contributed by atoms with van der Waals surface area (Å²) in [4.78, 5) is 15.1. The van der Waals surface area contributed by atoms with Crippen molar-refractivity contribution in [1.82, 2.24) is 15.0 Å². The van der Waals surface area contributed by atoms with Crippen LogP contribution in [0.25, 0.3) is 67.2 Å². The van der Waals surface area contributed by atoms with E-state index in [9.17, 15) is 0 Å². The highest BCUT2D eigenvalue weighted by molar-refractivity contribution is 7.85. The number of aromatic nitrogens is 3. The maximum atomic E-state index is 15.6. The van der Waals surface area contributed by atoms with Crippen molar-refractivity contribution in [3.8, 4) is 56.4 Å². The molecule has 1 fully saturated rings. The first-order chi connectivity index (χ1) is 32.6. The van der Waals surface area contributed by atoms with Crippen molar-refractivity contribution in [2.45, 2.75) is 37.5 Å². The number of hydrogen-bond donors (Lipinski definition) is 0. The summed E-state index contributed by atoms with van der Waals surface area (Å²) in [5.74, 6) is 1.95. The maximum Gasteiger partial charge on any atom is 0.171 e. The standard InChI is InChI=1S/C61H48N3OP/c65-66(52-22-10-3-11-23-52,53-24-12-4-13-25-53)57-41-40-54(55-26-14-15-27-56(55)57)46-32-36-50(37-33-46)61(42-16-5-17-43-61)51-38-34-49(35-39-51)60-63-58(47-20-8-2-9-21-47)62-59(64-60)48-30-28-45(29-31-48)44-18-6-1-7-19-44/h1-4,6-15,18-41H,5,16-17,42-43H2. The molecule has 11 rings (SSSR count). The molecule has 0 N–H and O–H groups in total. The van der Waals surface area contributed by atoms with Crippen LogP contribution in [0.1, 0.15) is 43.2 Å². The van der Waals surface area contributed by atoms with E-state index in [4.69, 9.17) is 15.0 Å². The smallest absolute Gasteiger partial charge is 0.171 e. The van der Waals surface area contributed by atoms with Crippen LogP contribution in [0.3, 0.4) is 0 Å². The Morgan fingerprint density at radius 3 is 1.23 bits per heavy atom. The molecule has 318 valence electrons. The van der Waals surface area contributed by atoms with Gasteiger partial charge in [-0.05, 0) is 63.1 Å². The summed E-state index contributed by atoms with van der Waals surface area (Å²) < 4.78 is 15.6. The molecule has 0 amide bonds. The van der Waals surface area contributed by atoms with Crippen molar-refractivity contribution in [1.29, 1.82) is 0 Å². The molecule has 0 saturated heterocycles. The lowest BCUT2D eigenvalue weighted by Crippen LogP contribution is -2.30. The Kier molecular flexibility index (Phi) is 11.1. The Hall–Kier alpha value is -7.52. The Labute approximate surface area is 387 Å². The number of nitrogens with zero attached hydrogens (tertiary/aromatic N) is 3. The molecule has 66 heavy (non-hydrogen) atoms. The summed E-state index contributed by atoms with van der Waals surface area (Å²) in [6, 6.07) is 80.0. The van der Waals surface area contributed by atoms with Crippen molar-refractivity contribution in [2.24, 2.45) is 0 Å². The Morgan fingerprint density at radius 1 is 0.333 bits per heavy atom. The lowest BCUT2D eigenvalue weighted by atomic mass is 9.65. The van der Waals surface area contributed by atoms with Crippen LogP contribution in [-0.4, -0.2) is 15.0 Å². The van der Waals surface area contributed by atoms with Gasteiger partial charge in [-0.2, -0.15) is 0 Å². The molecule has 0 atom stereocenters. The van der Waals surface area contributed by atoms with Gasteiger partial charge in [0, 0.05) is 38.0 Å². The minimum atomic E-state index is -3.18. The normalized spacial score (nSPS) is 13.6. The van der Waals surface area contributed by atoms with Gasteiger partial charge >= 0.3 is 0 Å². The minimum absolute atomic E-state index is 0.112. The molecule has 5 heteroatoms. The van der Waals surface area contributed by atoms with Crippen LogP contribution in [-0.2, 0) is 9.98 Å². The van der Waals surface area contributed by atoms with Crippen LogP contribution in [0.4, 0.5) is 0 Å². The summed E-state index contributed by atoms with van der Waals surface area (Å²) in [5, 5.41) is 4.65. The fourth-order valence-electron chi connectivity index (χ4n) is 10.1. The number of benzene rings is 9. The molecule has 0 aliphatic heterocycles. The molecule has 0 spiro atoms. The fraction of sp³-hybridized carbons (Fsp3) is 0.0984. The van der Waals surface area contributed by atoms with Gasteiger partial charge in [-0.25, -0.2) is 15.0 Å². The van der Waals surface area contributed by atoms with Gasteiger partial charge in [-0.1, -0.05) is 244 Å². The van der Waals surface area contributed by atoms with Crippen LogP contribution >= 0.6 is 7.14 Å². The molecule has 9 aromatic carbocycles. The second-order valence-electron chi connectivity index (χ2n) is 17.4. The second-order valence-corrected chi connectivity index (χ2v) is 20.1. The molecular weight excluding hydrogens is 822 g/mol.